The van der Waals surface area contributed by atoms with Crippen molar-refractivity contribution in [3.05, 3.63) is 35.9 Å². The number of rotatable bonds is 5. The number of carbonyl (C=O) groups is 2. The maximum absolute atomic E-state index is 12.6. The van der Waals surface area contributed by atoms with Crippen molar-refractivity contribution in [2.45, 2.75) is 63.5 Å². The number of urea groups is 1. The Hall–Kier alpha value is -2.04. The van der Waals surface area contributed by atoms with Crippen LogP contribution in [-0.4, -0.2) is 36.0 Å². The molecular weight excluding hydrogens is 314 g/mol. The van der Waals surface area contributed by atoms with E-state index in [-0.39, 0.29) is 18.0 Å². The fourth-order valence-corrected chi connectivity index (χ4v) is 4.00. The van der Waals surface area contributed by atoms with Crippen LogP contribution in [0.3, 0.4) is 0 Å². The van der Waals surface area contributed by atoms with Gasteiger partial charge in [0, 0.05) is 25.6 Å². The van der Waals surface area contributed by atoms with E-state index in [1.807, 2.05) is 23.1 Å². The van der Waals surface area contributed by atoms with Gasteiger partial charge in [0.1, 0.15) is 0 Å². The highest BCUT2D eigenvalue weighted by molar-refractivity contribution is 5.79. The summed E-state index contributed by atoms with van der Waals surface area (Å²) in [6.07, 6.45) is 8.22. The summed E-state index contributed by atoms with van der Waals surface area (Å²) in [6.45, 7) is 1.21. The Morgan fingerprint density at radius 1 is 1.00 bits per heavy atom. The van der Waals surface area contributed by atoms with Crippen molar-refractivity contribution < 1.29 is 9.59 Å². The van der Waals surface area contributed by atoms with E-state index >= 15 is 0 Å². The molecule has 1 aliphatic carbocycles. The molecule has 1 aliphatic heterocycles. The summed E-state index contributed by atoms with van der Waals surface area (Å²) in [5.74, 6) is 0.129. The highest BCUT2D eigenvalue weighted by Gasteiger charge is 2.29. The van der Waals surface area contributed by atoms with Gasteiger partial charge in [-0.3, -0.25) is 4.79 Å². The molecule has 2 N–H and O–H groups in total. The number of hydrogen-bond acceptors (Lipinski definition) is 2. The number of nitrogens with one attached hydrogen (secondary N) is 2. The van der Waals surface area contributed by atoms with Crippen LogP contribution < -0.4 is 10.6 Å². The Kier molecular flexibility index (Phi) is 6.31. The molecule has 3 amide bonds. The second-order valence-corrected chi connectivity index (χ2v) is 7.14. The molecule has 2 fully saturated rings. The van der Waals surface area contributed by atoms with Crippen molar-refractivity contribution in [3.8, 4) is 0 Å². The van der Waals surface area contributed by atoms with Crippen LogP contribution in [0.25, 0.3) is 0 Å². The lowest BCUT2D eigenvalue weighted by molar-refractivity contribution is -0.132. The molecule has 1 aromatic carbocycles. The maximum Gasteiger partial charge on any atom is 0.315 e. The minimum atomic E-state index is -0.138. The average Bonchev–Trinajstić information content (AvgIpc) is 3.13. The summed E-state index contributed by atoms with van der Waals surface area (Å²) in [7, 11) is 0. The largest absolute Gasteiger partial charge is 0.338 e. The monoisotopic (exact) mass is 343 g/mol. The lowest BCUT2D eigenvalue weighted by atomic mass is 9.96. The first-order valence-electron chi connectivity index (χ1n) is 9.63. The molecule has 0 radical (unpaired) electrons. The van der Waals surface area contributed by atoms with E-state index in [4.69, 9.17) is 0 Å². The first-order valence-corrected chi connectivity index (χ1v) is 9.63. The Morgan fingerprint density at radius 3 is 2.52 bits per heavy atom. The van der Waals surface area contributed by atoms with Gasteiger partial charge in [-0.05, 0) is 31.2 Å². The SMILES string of the molecule is O=C(NCCC(=O)N1CCCC1c1ccccc1)NC1CCCCC1. The summed E-state index contributed by atoms with van der Waals surface area (Å²) in [6, 6.07) is 10.6. The highest BCUT2D eigenvalue weighted by Crippen LogP contribution is 2.32. The molecular formula is C20H29N3O2. The number of carbonyl (C=O) groups excluding carboxylic acids is 2. The van der Waals surface area contributed by atoms with Crippen LogP contribution in [0.4, 0.5) is 4.79 Å². The Morgan fingerprint density at radius 2 is 1.76 bits per heavy atom. The fourth-order valence-electron chi connectivity index (χ4n) is 4.00. The van der Waals surface area contributed by atoms with Gasteiger partial charge in [-0.15, -0.1) is 0 Å². The summed E-state index contributed by atoms with van der Waals surface area (Å²) in [4.78, 5) is 26.5. The van der Waals surface area contributed by atoms with Gasteiger partial charge in [0.2, 0.25) is 5.91 Å². The lowest BCUT2D eigenvalue weighted by Crippen LogP contribution is -2.44. The van der Waals surface area contributed by atoms with Gasteiger partial charge in [0.15, 0.2) is 0 Å². The van der Waals surface area contributed by atoms with Crippen molar-refractivity contribution >= 4 is 11.9 Å². The molecule has 25 heavy (non-hydrogen) atoms. The molecule has 136 valence electrons. The van der Waals surface area contributed by atoms with Gasteiger partial charge in [-0.2, -0.15) is 0 Å². The molecule has 1 saturated carbocycles. The van der Waals surface area contributed by atoms with Crippen LogP contribution in [-0.2, 0) is 4.79 Å². The zero-order chi connectivity index (χ0) is 17.5. The number of benzene rings is 1. The first-order chi connectivity index (χ1) is 12.2. The summed E-state index contributed by atoms with van der Waals surface area (Å²) in [5, 5.41) is 5.86. The standard InChI is InChI=1S/C20H29N3O2/c24-19(13-14-21-20(25)22-17-10-5-2-6-11-17)23-15-7-12-18(23)16-8-3-1-4-9-16/h1,3-4,8-9,17-18H,2,5-7,10-15H2,(H2,21,22,25). The minimum Gasteiger partial charge on any atom is -0.338 e. The molecule has 0 aromatic heterocycles. The molecule has 5 heteroatoms. The summed E-state index contributed by atoms with van der Waals surface area (Å²) < 4.78 is 0. The van der Waals surface area contributed by atoms with Crippen molar-refractivity contribution in [2.24, 2.45) is 0 Å². The topological polar surface area (TPSA) is 61.4 Å². The van der Waals surface area contributed by atoms with Gasteiger partial charge in [0.25, 0.3) is 0 Å². The Labute approximate surface area is 150 Å². The first kappa shape index (κ1) is 17.8. The second kappa shape index (κ2) is 8.88. The predicted molar refractivity (Wildman–Crippen MR) is 98.2 cm³/mol. The van der Waals surface area contributed by atoms with Gasteiger partial charge >= 0.3 is 6.03 Å². The van der Waals surface area contributed by atoms with E-state index in [0.29, 0.717) is 19.0 Å². The molecule has 1 aromatic rings. The van der Waals surface area contributed by atoms with Crippen LogP contribution in [0.15, 0.2) is 30.3 Å². The number of amides is 3. The fraction of sp³-hybridized carbons (Fsp3) is 0.600. The van der Waals surface area contributed by atoms with Crippen molar-refractivity contribution in [1.29, 1.82) is 0 Å². The van der Waals surface area contributed by atoms with E-state index in [1.165, 1.54) is 24.8 Å². The normalized spacial score (nSPS) is 21.1. The summed E-state index contributed by atoms with van der Waals surface area (Å²) >= 11 is 0. The maximum atomic E-state index is 12.6. The zero-order valence-corrected chi connectivity index (χ0v) is 14.9. The van der Waals surface area contributed by atoms with Gasteiger partial charge in [-0.25, -0.2) is 4.79 Å². The van der Waals surface area contributed by atoms with Gasteiger partial charge in [0.05, 0.1) is 6.04 Å². The molecule has 1 heterocycles. The minimum absolute atomic E-state index is 0.129. The van der Waals surface area contributed by atoms with Crippen LogP contribution in [0.1, 0.15) is 63.0 Å². The van der Waals surface area contributed by atoms with Crippen LogP contribution in [0.5, 0.6) is 0 Å². The van der Waals surface area contributed by atoms with E-state index in [2.05, 4.69) is 22.8 Å². The molecule has 1 saturated heterocycles. The van der Waals surface area contributed by atoms with Gasteiger partial charge < -0.3 is 15.5 Å². The molecule has 3 rings (SSSR count). The quantitative estimate of drug-likeness (QED) is 0.861. The number of hydrogen-bond donors (Lipinski definition) is 2. The Balaban J connectivity index is 1.42. The van der Waals surface area contributed by atoms with Crippen LogP contribution >= 0.6 is 0 Å². The van der Waals surface area contributed by atoms with Crippen molar-refractivity contribution in [3.63, 3.8) is 0 Å². The average molecular weight is 343 g/mol. The van der Waals surface area contributed by atoms with Crippen LogP contribution in [0.2, 0.25) is 0 Å². The van der Waals surface area contributed by atoms with E-state index < -0.39 is 0 Å². The molecule has 2 aliphatic rings. The van der Waals surface area contributed by atoms with E-state index in [9.17, 15) is 9.59 Å². The molecule has 1 atom stereocenters. The smallest absolute Gasteiger partial charge is 0.315 e. The molecule has 0 bridgehead atoms. The third-order valence-corrected chi connectivity index (χ3v) is 5.32. The molecule has 1 unspecified atom stereocenters. The zero-order valence-electron chi connectivity index (χ0n) is 14.9. The van der Waals surface area contributed by atoms with E-state index in [0.717, 1.165) is 32.2 Å². The molecule has 5 nitrogen and oxygen atoms in total. The van der Waals surface area contributed by atoms with Crippen molar-refractivity contribution in [2.75, 3.05) is 13.1 Å². The lowest BCUT2D eigenvalue weighted by Gasteiger charge is -2.25. The number of likely N-dealkylation sites (tertiary alicyclic amines) is 1. The van der Waals surface area contributed by atoms with E-state index in [1.54, 1.807) is 0 Å². The predicted octanol–water partition coefficient (Wildman–Crippen LogP) is 3.37. The third-order valence-electron chi connectivity index (χ3n) is 5.32. The van der Waals surface area contributed by atoms with Gasteiger partial charge in [-0.1, -0.05) is 49.6 Å². The number of nitrogens with zero attached hydrogens (tertiary/aromatic N) is 1. The highest BCUT2D eigenvalue weighted by atomic mass is 16.2. The van der Waals surface area contributed by atoms with Crippen LogP contribution in [0, 0.1) is 0 Å². The summed E-state index contributed by atoms with van der Waals surface area (Å²) in [5.41, 5.74) is 1.20. The van der Waals surface area contributed by atoms with Crippen molar-refractivity contribution in [1.82, 2.24) is 15.5 Å². The molecule has 0 spiro atoms. The second-order valence-electron chi connectivity index (χ2n) is 7.14. The Bertz CT molecular complexity index is 570. The third kappa shape index (κ3) is 4.97.